The SMILES string of the molecule is CCOC(=O)C1C(=O)c2c(SCCN)ccc(F)c2N(CC)C1=O. The van der Waals surface area contributed by atoms with E-state index in [1.165, 1.54) is 23.9 Å². The highest BCUT2D eigenvalue weighted by atomic mass is 32.2. The van der Waals surface area contributed by atoms with E-state index in [1.807, 2.05) is 0 Å². The van der Waals surface area contributed by atoms with Crippen molar-refractivity contribution in [1.82, 2.24) is 0 Å². The van der Waals surface area contributed by atoms with Gasteiger partial charge in [0, 0.05) is 23.7 Å². The molecule has 24 heavy (non-hydrogen) atoms. The van der Waals surface area contributed by atoms with E-state index in [-0.39, 0.29) is 24.4 Å². The minimum atomic E-state index is -1.59. The van der Waals surface area contributed by atoms with E-state index in [1.54, 1.807) is 13.8 Å². The molecule has 2 N–H and O–H groups in total. The summed E-state index contributed by atoms with van der Waals surface area (Å²) in [6.45, 7) is 3.80. The number of benzene rings is 1. The molecule has 2 rings (SSSR count). The number of ketones is 1. The topological polar surface area (TPSA) is 89.7 Å². The largest absolute Gasteiger partial charge is 0.465 e. The lowest BCUT2D eigenvalue weighted by molar-refractivity contribution is -0.149. The van der Waals surface area contributed by atoms with Crippen LogP contribution in [0.15, 0.2) is 17.0 Å². The number of nitrogens with two attached hydrogens (primary N) is 1. The fourth-order valence-corrected chi connectivity index (χ4v) is 3.45. The van der Waals surface area contributed by atoms with Gasteiger partial charge in [-0.15, -0.1) is 11.8 Å². The fourth-order valence-electron chi connectivity index (χ4n) is 2.61. The van der Waals surface area contributed by atoms with E-state index in [4.69, 9.17) is 10.5 Å². The van der Waals surface area contributed by atoms with Crippen LogP contribution >= 0.6 is 11.8 Å². The number of hydrogen-bond donors (Lipinski definition) is 1. The molecule has 0 fully saturated rings. The van der Waals surface area contributed by atoms with Gasteiger partial charge in [-0.05, 0) is 26.0 Å². The van der Waals surface area contributed by atoms with Gasteiger partial charge in [-0.25, -0.2) is 4.39 Å². The maximum Gasteiger partial charge on any atom is 0.326 e. The number of hydrogen-bond acceptors (Lipinski definition) is 6. The van der Waals surface area contributed by atoms with E-state index in [0.29, 0.717) is 17.2 Å². The molecular formula is C16H19FN2O4S. The fraction of sp³-hybridized carbons (Fsp3) is 0.438. The van der Waals surface area contributed by atoms with Gasteiger partial charge in [0.2, 0.25) is 5.91 Å². The lowest BCUT2D eigenvalue weighted by Gasteiger charge is -2.32. The molecule has 0 aliphatic carbocycles. The van der Waals surface area contributed by atoms with Gasteiger partial charge >= 0.3 is 5.97 Å². The van der Waals surface area contributed by atoms with Crippen LogP contribution in [0.2, 0.25) is 0 Å². The summed E-state index contributed by atoms with van der Waals surface area (Å²) < 4.78 is 19.2. The highest BCUT2D eigenvalue weighted by Crippen LogP contribution is 2.39. The number of Topliss-reactive ketones (excluding diaryl/α,β-unsaturated/α-hetero) is 1. The number of halogens is 1. The summed E-state index contributed by atoms with van der Waals surface area (Å²) in [6, 6.07) is 2.68. The molecule has 1 aliphatic heterocycles. The molecule has 1 aromatic rings. The maximum absolute atomic E-state index is 14.3. The third kappa shape index (κ3) is 3.16. The second kappa shape index (κ2) is 7.76. The first-order valence-corrected chi connectivity index (χ1v) is 8.64. The van der Waals surface area contributed by atoms with Crippen LogP contribution in [-0.2, 0) is 14.3 Å². The van der Waals surface area contributed by atoms with Crippen molar-refractivity contribution < 1.29 is 23.5 Å². The standard InChI is InChI=1S/C16H19FN2O4S/c1-3-19-13-9(17)5-6-10(24-8-7-18)11(13)14(20)12(15(19)21)16(22)23-4-2/h5-6,12H,3-4,7-8,18H2,1-2H3. The van der Waals surface area contributed by atoms with Crippen molar-refractivity contribution in [1.29, 1.82) is 0 Å². The number of nitrogens with zero attached hydrogens (tertiary/aromatic N) is 1. The number of rotatable bonds is 6. The van der Waals surface area contributed by atoms with Gasteiger partial charge in [-0.2, -0.15) is 0 Å². The molecule has 1 atom stereocenters. The summed E-state index contributed by atoms with van der Waals surface area (Å²) >= 11 is 1.29. The molecule has 0 saturated heterocycles. The average Bonchev–Trinajstić information content (AvgIpc) is 2.55. The summed E-state index contributed by atoms with van der Waals surface area (Å²) in [5.41, 5.74) is 5.46. The lowest BCUT2D eigenvalue weighted by atomic mass is 9.89. The van der Waals surface area contributed by atoms with Crippen molar-refractivity contribution in [2.24, 2.45) is 11.7 Å². The van der Waals surface area contributed by atoms with Gasteiger partial charge < -0.3 is 15.4 Å². The second-order valence-corrected chi connectivity index (χ2v) is 6.17. The van der Waals surface area contributed by atoms with E-state index < -0.39 is 29.4 Å². The Morgan fingerprint density at radius 3 is 2.67 bits per heavy atom. The van der Waals surface area contributed by atoms with Gasteiger partial charge in [-0.3, -0.25) is 14.4 Å². The van der Waals surface area contributed by atoms with E-state index in [2.05, 4.69) is 0 Å². The van der Waals surface area contributed by atoms with Gasteiger partial charge in [0.15, 0.2) is 11.7 Å². The van der Waals surface area contributed by atoms with Crippen molar-refractivity contribution >= 4 is 35.1 Å². The lowest BCUT2D eigenvalue weighted by Crippen LogP contribution is -2.49. The monoisotopic (exact) mass is 354 g/mol. The Morgan fingerprint density at radius 1 is 1.38 bits per heavy atom. The zero-order valence-corrected chi connectivity index (χ0v) is 14.3. The molecule has 0 saturated carbocycles. The van der Waals surface area contributed by atoms with Gasteiger partial charge in [0.25, 0.3) is 0 Å². The molecular weight excluding hydrogens is 335 g/mol. The first-order valence-electron chi connectivity index (χ1n) is 7.65. The van der Waals surface area contributed by atoms with Crippen LogP contribution in [0.1, 0.15) is 24.2 Å². The third-order valence-corrected chi connectivity index (χ3v) is 4.69. The van der Waals surface area contributed by atoms with E-state index >= 15 is 0 Å². The minimum absolute atomic E-state index is 0.0484. The Bertz CT molecular complexity index is 680. The number of amides is 1. The molecule has 1 amide bonds. The van der Waals surface area contributed by atoms with Crippen LogP contribution in [0.5, 0.6) is 0 Å². The number of carbonyl (C=O) groups is 3. The Labute approximate surface area is 143 Å². The smallest absolute Gasteiger partial charge is 0.326 e. The number of esters is 1. The number of ether oxygens (including phenoxy) is 1. The zero-order valence-electron chi connectivity index (χ0n) is 13.5. The zero-order chi connectivity index (χ0) is 17.9. The summed E-state index contributed by atoms with van der Waals surface area (Å²) in [6.07, 6.45) is 0. The summed E-state index contributed by atoms with van der Waals surface area (Å²) in [5, 5.41) is 0. The van der Waals surface area contributed by atoms with Crippen LogP contribution < -0.4 is 10.6 Å². The Balaban J connectivity index is 2.61. The van der Waals surface area contributed by atoms with E-state index in [9.17, 15) is 18.8 Å². The maximum atomic E-state index is 14.3. The van der Waals surface area contributed by atoms with Crippen LogP contribution in [0, 0.1) is 11.7 Å². The Kier molecular flexibility index (Phi) is 5.95. The van der Waals surface area contributed by atoms with Crippen LogP contribution in [-0.4, -0.2) is 43.1 Å². The Morgan fingerprint density at radius 2 is 2.08 bits per heavy atom. The number of carbonyl (C=O) groups excluding carboxylic acids is 3. The predicted octanol–water partition coefficient (Wildman–Crippen LogP) is 1.60. The first-order chi connectivity index (χ1) is 11.5. The molecule has 0 aromatic heterocycles. The summed E-state index contributed by atoms with van der Waals surface area (Å²) in [7, 11) is 0. The molecule has 0 radical (unpaired) electrons. The normalized spacial score (nSPS) is 17.0. The van der Waals surface area contributed by atoms with Crippen LogP contribution in [0.25, 0.3) is 0 Å². The second-order valence-electron chi connectivity index (χ2n) is 5.04. The molecule has 8 heteroatoms. The third-order valence-electron chi connectivity index (χ3n) is 3.60. The molecule has 1 aromatic carbocycles. The van der Waals surface area contributed by atoms with Gasteiger partial charge in [0.1, 0.15) is 5.82 Å². The van der Waals surface area contributed by atoms with Gasteiger partial charge in [-0.1, -0.05) is 0 Å². The molecule has 130 valence electrons. The highest BCUT2D eigenvalue weighted by molar-refractivity contribution is 7.99. The van der Waals surface area contributed by atoms with Crippen molar-refractivity contribution in [3.8, 4) is 0 Å². The van der Waals surface area contributed by atoms with E-state index in [0.717, 1.165) is 4.90 Å². The van der Waals surface area contributed by atoms with Gasteiger partial charge in [0.05, 0.1) is 17.9 Å². The van der Waals surface area contributed by atoms with Crippen LogP contribution in [0.4, 0.5) is 10.1 Å². The summed E-state index contributed by atoms with van der Waals surface area (Å²) in [5.74, 6) is -4.12. The number of fused-ring (bicyclic) bond motifs is 1. The molecule has 0 spiro atoms. The molecule has 6 nitrogen and oxygen atoms in total. The van der Waals surface area contributed by atoms with Crippen molar-refractivity contribution in [2.75, 3.05) is 30.3 Å². The summed E-state index contributed by atoms with van der Waals surface area (Å²) in [4.78, 5) is 39.0. The molecule has 1 heterocycles. The highest BCUT2D eigenvalue weighted by Gasteiger charge is 2.46. The van der Waals surface area contributed by atoms with Crippen molar-refractivity contribution in [2.45, 2.75) is 18.7 Å². The molecule has 1 unspecified atom stereocenters. The number of anilines is 1. The molecule has 1 aliphatic rings. The Hall–Kier alpha value is -1.93. The quantitative estimate of drug-likeness (QED) is 0.474. The van der Waals surface area contributed by atoms with Crippen LogP contribution in [0.3, 0.4) is 0 Å². The predicted molar refractivity (Wildman–Crippen MR) is 88.7 cm³/mol. The molecule has 0 bridgehead atoms. The van der Waals surface area contributed by atoms with Crippen molar-refractivity contribution in [3.63, 3.8) is 0 Å². The first kappa shape index (κ1) is 18.4. The van der Waals surface area contributed by atoms with Crippen molar-refractivity contribution in [3.05, 3.63) is 23.5 Å². The minimum Gasteiger partial charge on any atom is -0.465 e. The number of thioether (sulfide) groups is 1. The average molecular weight is 354 g/mol.